The molecule has 2 aliphatic rings. The molecule has 5 nitrogen and oxygen atoms in total. The molecule has 0 aromatic rings. The van der Waals surface area contributed by atoms with E-state index in [2.05, 4.69) is 22.2 Å². The lowest BCUT2D eigenvalue weighted by atomic mass is 10.2. The first-order chi connectivity index (χ1) is 5.68. The highest BCUT2D eigenvalue weighted by Crippen LogP contribution is 2.13. The molecule has 2 N–H and O–H groups in total. The normalized spacial score (nSPS) is 32.9. The van der Waals surface area contributed by atoms with Crippen molar-refractivity contribution in [3.8, 4) is 0 Å². The minimum atomic E-state index is -0.333. The lowest BCUT2D eigenvalue weighted by Crippen LogP contribution is -2.58. The summed E-state index contributed by atoms with van der Waals surface area (Å²) >= 11 is 0. The van der Waals surface area contributed by atoms with Gasteiger partial charge < -0.3 is 15.5 Å². The van der Waals surface area contributed by atoms with Gasteiger partial charge in [0.05, 0.1) is 12.2 Å². The molecule has 64 valence electrons. The molecular weight excluding hydrogens is 156 g/mol. The Kier molecular flexibility index (Phi) is 1.33. The molecule has 2 atom stereocenters. The van der Waals surface area contributed by atoms with Crippen LogP contribution in [0.25, 0.3) is 0 Å². The molecule has 0 aliphatic carbocycles. The molecule has 2 aliphatic heterocycles. The van der Waals surface area contributed by atoms with Gasteiger partial charge in [0.2, 0.25) is 0 Å². The second-order valence-corrected chi connectivity index (χ2v) is 2.93. The molecular formula is C7H10N4O. The van der Waals surface area contributed by atoms with Gasteiger partial charge in [0.15, 0.2) is 6.04 Å². The number of likely N-dealkylation sites (N-methyl/N-ethyl adjacent to an activating group) is 1. The van der Waals surface area contributed by atoms with Crippen molar-refractivity contribution in [1.29, 1.82) is 0 Å². The van der Waals surface area contributed by atoms with Crippen molar-refractivity contribution in [1.82, 2.24) is 15.5 Å². The summed E-state index contributed by atoms with van der Waals surface area (Å²) in [4.78, 5) is 17.2. The Labute approximate surface area is 70.1 Å². The first kappa shape index (κ1) is 7.15. The van der Waals surface area contributed by atoms with Crippen LogP contribution in [0.15, 0.2) is 17.4 Å². The number of fused-ring (bicyclic) bond motifs is 1. The molecule has 1 amide bonds. The molecule has 1 fully saturated rings. The van der Waals surface area contributed by atoms with Crippen molar-refractivity contribution in [2.24, 2.45) is 4.99 Å². The maximum absolute atomic E-state index is 11.3. The Bertz CT molecular complexity index is 273. The van der Waals surface area contributed by atoms with E-state index in [9.17, 15) is 4.79 Å². The number of amides is 1. The quantitative estimate of drug-likeness (QED) is 0.477. The third-order valence-electron chi connectivity index (χ3n) is 2.01. The molecule has 0 aromatic heterocycles. The molecule has 0 bridgehead atoms. The maximum Gasteiger partial charge on any atom is 0.254 e. The van der Waals surface area contributed by atoms with E-state index in [1.54, 1.807) is 6.34 Å². The topological polar surface area (TPSA) is 56.7 Å². The fourth-order valence-electron chi connectivity index (χ4n) is 1.38. The van der Waals surface area contributed by atoms with Crippen molar-refractivity contribution < 1.29 is 4.79 Å². The Morgan fingerprint density at radius 2 is 2.50 bits per heavy atom. The molecule has 5 heteroatoms. The summed E-state index contributed by atoms with van der Waals surface area (Å²) in [5, 5.41) is 5.62. The molecule has 2 rings (SSSR count). The molecule has 2 heterocycles. The largest absolute Gasteiger partial charge is 0.350 e. The monoisotopic (exact) mass is 166 g/mol. The summed E-state index contributed by atoms with van der Waals surface area (Å²) in [6, 6.07) is -0.333. The fourth-order valence-corrected chi connectivity index (χ4v) is 1.38. The number of nitrogens with one attached hydrogen (secondary N) is 2. The van der Waals surface area contributed by atoms with Gasteiger partial charge in [0.25, 0.3) is 5.91 Å². The van der Waals surface area contributed by atoms with Crippen LogP contribution in [-0.4, -0.2) is 36.4 Å². The first-order valence-electron chi connectivity index (χ1n) is 3.70. The van der Waals surface area contributed by atoms with E-state index in [0.717, 1.165) is 0 Å². The average Bonchev–Trinajstić information content (AvgIpc) is 2.33. The Hall–Kier alpha value is -1.52. The lowest BCUT2D eigenvalue weighted by Gasteiger charge is -2.31. The van der Waals surface area contributed by atoms with Gasteiger partial charge in [-0.15, -0.1) is 0 Å². The zero-order valence-electron chi connectivity index (χ0n) is 6.74. The van der Waals surface area contributed by atoms with Crippen LogP contribution in [0.3, 0.4) is 0 Å². The number of hydrogen-bond donors (Lipinski definition) is 2. The summed E-state index contributed by atoms with van der Waals surface area (Å²) in [5.41, 5.74) is 0. The van der Waals surface area contributed by atoms with Crippen molar-refractivity contribution in [3.05, 3.63) is 12.4 Å². The molecule has 2 unspecified atom stereocenters. The highest BCUT2D eigenvalue weighted by atomic mass is 16.2. The lowest BCUT2D eigenvalue weighted by molar-refractivity contribution is -0.123. The number of aliphatic imine (C=N–C) groups is 1. The molecule has 0 saturated carbocycles. The zero-order valence-corrected chi connectivity index (χ0v) is 6.74. The Balaban J connectivity index is 2.23. The Morgan fingerprint density at radius 1 is 1.75 bits per heavy atom. The molecule has 0 spiro atoms. The van der Waals surface area contributed by atoms with E-state index in [4.69, 9.17) is 0 Å². The van der Waals surface area contributed by atoms with E-state index in [-0.39, 0.29) is 18.1 Å². The van der Waals surface area contributed by atoms with E-state index in [1.165, 1.54) is 0 Å². The van der Waals surface area contributed by atoms with Gasteiger partial charge in [-0.05, 0) is 0 Å². The second-order valence-electron chi connectivity index (χ2n) is 2.93. The summed E-state index contributed by atoms with van der Waals surface area (Å²) in [7, 11) is 1.87. The van der Waals surface area contributed by atoms with E-state index >= 15 is 0 Å². The fraction of sp³-hybridized carbons (Fsp3) is 0.429. The second kappa shape index (κ2) is 2.23. The average molecular weight is 166 g/mol. The summed E-state index contributed by atoms with van der Waals surface area (Å²) in [6.45, 7) is 3.63. The van der Waals surface area contributed by atoms with Gasteiger partial charge in [-0.2, -0.15) is 0 Å². The predicted octanol–water partition coefficient (Wildman–Crippen LogP) is -1.15. The third-order valence-corrected chi connectivity index (χ3v) is 2.01. The van der Waals surface area contributed by atoms with Crippen LogP contribution in [-0.2, 0) is 4.79 Å². The number of nitrogens with zero attached hydrogens (tertiary/aromatic N) is 2. The first-order valence-corrected chi connectivity index (χ1v) is 3.70. The zero-order chi connectivity index (χ0) is 8.72. The van der Waals surface area contributed by atoms with Crippen LogP contribution in [0.2, 0.25) is 0 Å². The third kappa shape index (κ3) is 0.861. The highest BCUT2D eigenvalue weighted by molar-refractivity contribution is 5.88. The van der Waals surface area contributed by atoms with Crippen molar-refractivity contribution >= 4 is 12.2 Å². The van der Waals surface area contributed by atoms with Crippen molar-refractivity contribution in [2.45, 2.75) is 12.2 Å². The molecule has 0 radical (unpaired) electrons. The minimum Gasteiger partial charge on any atom is -0.350 e. The van der Waals surface area contributed by atoms with Gasteiger partial charge >= 0.3 is 0 Å². The van der Waals surface area contributed by atoms with Gasteiger partial charge in [0.1, 0.15) is 6.17 Å². The van der Waals surface area contributed by atoms with Crippen LogP contribution in [0, 0.1) is 0 Å². The van der Waals surface area contributed by atoms with Gasteiger partial charge in [-0.25, -0.2) is 0 Å². The maximum atomic E-state index is 11.3. The van der Waals surface area contributed by atoms with Gasteiger partial charge in [-0.3, -0.25) is 9.79 Å². The van der Waals surface area contributed by atoms with Gasteiger partial charge in [0, 0.05) is 7.05 Å². The summed E-state index contributed by atoms with van der Waals surface area (Å²) < 4.78 is 0. The minimum absolute atomic E-state index is 0.0637. The number of rotatable bonds is 0. The van der Waals surface area contributed by atoms with Crippen LogP contribution >= 0.6 is 0 Å². The standard InChI is InChI=1S/C7H10N4O/c1-4-9-6-5(7(12)10-4)8-3-11(6)2/h3,5-6,9H,1H2,2H3,(H,10,12). The van der Waals surface area contributed by atoms with Crippen molar-refractivity contribution in [2.75, 3.05) is 7.05 Å². The van der Waals surface area contributed by atoms with Gasteiger partial charge in [-0.1, -0.05) is 6.58 Å². The SMILES string of the molecule is C=C1NC(=O)C2N=CN(C)C2N1. The van der Waals surface area contributed by atoms with Crippen LogP contribution in [0.5, 0.6) is 0 Å². The Morgan fingerprint density at radius 3 is 3.25 bits per heavy atom. The predicted molar refractivity (Wildman–Crippen MR) is 44.2 cm³/mol. The number of carbonyl (C=O) groups excluding carboxylic acids is 1. The number of hydrogen-bond acceptors (Lipinski definition) is 4. The van der Waals surface area contributed by atoms with E-state index in [1.807, 2.05) is 11.9 Å². The van der Waals surface area contributed by atoms with Crippen LogP contribution in [0.1, 0.15) is 0 Å². The molecule has 12 heavy (non-hydrogen) atoms. The molecule has 1 saturated heterocycles. The summed E-state index contributed by atoms with van der Waals surface area (Å²) in [6.07, 6.45) is 1.59. The van der Waals surface area contributed by atoms with Crippen LogP contribution in [0.4, 0.5) is 0 Å². The van der Waals surface area contributed by atoms with E-state index in [0.29, 0.717) is 5.82 Å². The number of carbonyl (C=O) groups is 1. The smallest absolute Gasteiger partial charge is 0.254 e. The summed E-state index contributed by atoms with van der Waals surface area (Å²) in [5.74, 6) is 0.447. The van der Waals surface area contributed by atoms with Crippen molar-refractivity contribution in [3.63, 3.8) is 0 Å². The molecule has 0 aromatic carbocycles. The van der Waals surface area contributed by atoms with E-state index < -0.39 is 0 Å². The highest BCUT2D eigenvalue weighted by Gasteiger charge is 2.37. The van der Waals surface area contributed by atoms with Crippen LogP contribution < -0.4 is 10.6 Å².